The van der Waals surface area contributed by atoms with Gasteiger partial charge >= 0.3 is 0 Å². The molecular formula is C10H19N5O. The molecule has 6 heteroatoms. The topological polar surface area (TPSA) is 99.1 Å². The van der Waals surface area contributed by atoms with Crippen LogP contribution in [0.25, 0.3) is 0 Å². The van der Waals surface area contributed by atoms with Crippen LogP contribution in [-0.4, -0.2) is 16.6 Å². The van der Waals surface area contributed by atoms with Crippen molar-refractivity contribution in [2.75, 3.05) is 17.8 Å². The molecule has 0 amide bonds. The molecule has 0 radical (unpaired) electrons. The number of anilines is 2. The number of nitrogens with two attached hydrogens (primary N) is 2. The van der Waals surface area contributed by atoms with E-state index in [1.54, 1.807) is 6.07 Å². The summed E-state index contributed by atoms with van der Waals surface area (Å²) in [5.74, 6) is 6.29. The molecule has 0 aliphatic rings. The first kappa shape index (κ1) is 12.5. The number of aromatic nitrogens is 2. The summed E-state index contributed by atoms with van der Waals surface area (Å²) < 4.78 is 5.45. The molecule has 0 spiro atoms. The molecule has 5 N–H and O–H groups in total. The average molecular weight is 225 g/mol. The summed E-state index contributed by atoms with van der Waals surface area (Å²) in [6.07, 6.45) is 4.62. The lowest BCUT2D eigenvalue weighted by molar-refractivity contribution is 0.294. The van der Waals surface area contributed by atoms with Crippen LogP contribution >= 0.6 is 0 Å². The largest absolute Gasteiger partial charge is 0.477 e. The predicted octanol–water partition coefficient (Wildman–Crippen LogP) is 1.30. The number of nitrogens with zero attached hydrogens (tertiary/aromatic N) is 2. The Morgan fingerprint density at radius 2 is 2.12 bits per heavy atom. The Morgan fingerprint density at radius 1 is 1.31 bits per heavy atom. The second kappa shape index (κ2) is 6.84. The maximum absolute atomic E-state index is 5.49. The van der Waals surface area contributed by atoms with Gasteiger partial charge in [-0.15, -0.1) is 0 Å². The van der Waals surface area contributed by atoms with Crippen LogP contribution in [0.1, 0.15) is 32.6 Å². The molecule has 0 bridgehead atoms. The van der Waals surface area contributed by atoms with Gasteiger partial charge < -0.3 is 15.9 Å². The van der Waals surface area contributed by atoms with Crippen LogP contribution in [0.5, 0.6) is 5.88 Å². The van der Waals surface area contributed by atoms with E-state index in [2.05, 4.69) is 22.3 Å². The highest BCUT2D eigenvalue weighted by molar-refractivity contribution is 5.41. The van der Waals surface area contributed by atoms with Crippen LogP contribution in [0.2, 0.25) is 0 Å². The number of hydrogen-bond acceptors (Lipinski definition) is 6. The monoisotopic (exact) mass is 225 g/mol. The van der Waals surface area contributed by atoms with E-state index in [1.807, 2.05) is 0 Å². The molecule has 0 saturated carbocycles. The van der Waals surface area contributed by atoms with Gasteiger partial charge in [0.15, 0.2) is 0 Å². The van der Waals surface area contributed by atoms with Gasteiger partial charge in [-0.05, 0) is 6.42 Å². The highest BCUT2D eigenvalue weighted by Crippen LogP contribution is 2.14. The molecule has 0 aliphatic heterocycles. The van der Waals surface area contributed by atoms with Crippen molar-refractivity contribution in [3.8, 4) is 5.88 Å². The Hall–Kier alpha value is -1.56. The SMILES string of the molecule is CCCCCCOc1cc(NN)nc(N)n1. The zero-order chi connectivity index (χ0) is 11.8. The highest BCUT2D eigenvalue weighted by atomic mass is 16.5. The molecule has 1 aromatic rings. The Kier molecular flexibility index (Phi) is 5.35. The highest BCUT2D eigenvalue weighted by Gasteiger charge is 2.01. The molecule has 90 valence electrons. The molecule has 0 fully saturated rings. The Labute approximate surface area is 95.4 Å². The van der Waals surface area contributed by atoms with Gasteiger partial charge in [-0.3, -0.25) is 0 Å². The molecule has 0 saturated heterocycles. The first-order chi connectivity index (χ1) is 7.76. The zero-order valence-corrected chi connectivity index (χ0v) is 9.57. The standard InChI is InChI=1S/C10H19N5O/c1-2-3-4-5-6-16-9-7-8(15-12)13-10(11)14-9/h7H,2-6,12H2,1H3,(H3,11,13,14,15). The first-order valence-electron chi connectivity index (χ1n) is 5.50. The lowest BCUT2D eigenvalue weighted by Gasteiger charge is -2.07. The fourth-order valence-corrected chi connectivity index (χ4v) is 1.30. The molecule has 1 rings (SSSR count). The Morgan fingerprint density at radius 3 is 2.81 bits per heavy atom. The summed E-state index contributed by atoms with van der Waals surface area (Å²) in [7, 11) is 0. The third-order valence-electron chi connectivity index (χ3n) is 2.12. The summed E-state index contributed by atoms with van der Waals surface area (Å²) in [5.41, 5.74) is 7.90. The van der Waals surface area contributed by atoms with E-state index in [0.717, 1.165) is 6.42 Å². The fraction of sp³-hybridized carbons (Fsp3) is 0.600. The van der Waals surface area contributed by atoms with Crippen molar-refractivity contribution >= 4 is 11.8 Å². The van der Waals surface area contributed by atoms with Gasteiger partial charge in [0.05, 0.1) is 6.61 Å². The van der Waals surface area contributed by atoms with Crippen molar-refractivity contribution in [3.05, 3.63) is 6.07 Å². The molecule has 0 atom stereocenters. The van der Waals surface area contributed by atoms with Gasteiger partial charge in [-0.1, -0.05) is 26.2 Å². The maximum atomic E-state index is 5.49. The van der Waals surface area contributed by atoms with Crippen LogP contribution in [0, 0.1) is 0 Å². The summed E-state index contributed by atoms with van der Waals surface area (Å²) in [6, 6.07) is 1.62. The van der Waals surface area contributed by atoms with Crippen LogP contribution in [0.3, 0.4) is 0 Å². The van der Waals surface area contributed by atoms with E-state index in [-0.39, 0.29) is 5.95 Å². The molecule has 16 heavy (non-hydrogen) atoms. The first-order valence-corrected chi connectivity index (χ1v) is 5.50. The van der Waals surface area contributed by atoms with Crippen molar-refractivity contribution in [1.82, 2.24) is 9.97 Å². The molecule has 1 heterocycles. The number of ether oxygens (including phenoxy) is 1. The number of hydrogen-bond donors (Lipinski definition) is 3. The minimum atomic E-state index is 0.152. The van der Waals surface area contributed by atoms with Crippen molar-refractivity contribution in [3.63, 3.8) is 0 Å². The average Bonchev–Trinajstić information content (AvgIpc) is 2.28. The van der Waals surface area contributed by atoms with E-state index in [4.69, 9.17) is 16.3 Å². The summed E-state index contributed by atoms with van der Waals surface area (Å²) >= 11 is 0. The van der Waals surface area contributed by atoms with Gasteiger partial charge in [0, 0.05) is 6.07 Å². The number of rotatable bonds is 7. The normalized spacial score (nSPS) is 10.1. The van der Waals surface area contributed by atoms with Crippen molar-refractivity contribution in [2.45, 2.75) is 32.6 Å². The summed E-state index contributed by atoms with van der Waals surface area (Å²) in [5, 5.41) is 0. The Balaban J connectivity index is 2.38. The smallest absolute Gasteiger partial charge is 0.225 e. The zero-order valence-electron chi connectivity index (χ0n) is 9.57. The van der Waals surface area contributed by atoms with Gasteiger partial charge in [-0.25, -0.2) is 5.84 Å². The van der Waals surface area contributed by atoms with E-state index >= 15 is 0 Å². The molecule has 0 unspecified atom stereocenters. The third-order valence-corrected chi connectivity index (χ3v) is 2.12. The second-order valence-corrected chi connectivity index (χ2v) is 3.50. The van der Waals surface area contributed by atoms with Crippen LogP contribution in [0.15, 0.2) is 6.07 Å². The predicted molar refractivity (Wildman–Crippen MR) is 63.9 cm³/mol. The van der Waals surface area contributed by atoms with Crippen molar-refractivity contribution < 1.29 is 4.74 Å². The van der Waals surface area contributed by atoms with Crippen LogP contribution in [0.4, 0.5) is 11.8 Å². The third kappa shape index (κ3) is 4.31. The van der Waals surface area contributed by atoms with Crippen LogP contribution in [-0.2, 0) is 0 Å². The fourth-order valence-electron chi connectivity index (χ4n) is 1.30. The quantitative estimate of drug-likeness (QED) is 0.367. The lowest BCUT2D eigenvalue weighted by Crippen LogP contribution is -2.11. The van der Waals surface area contributed by atoms with Crippen LogP contribution < -0.4 is 21.7 Å². The number of hydrazine groups is 1. The minimum Gasteiger partial charge on any atom is -0.477 e. The second-order valence-electron chi connectivity index (χ2n) is 3.50. The van der Waals surface area contributed by atoms with E-state index in [0.29, 0.717) is 18.3 Å². The summed E-state index contributed by atoms with van der Waals surface area (Å²) in [6.45, 7) is 2.81. The van der Waals surface area contributed by atoms with Gasteiger partial charge in [-0.2, -0.15) is 9.97 Å². The molecule has 0 aromatic carbocycles. The molecule has 0 aliphatic carbocycles. The maximum Gasteiger partial charge on any atom is 0.225 e. The molecule has 6 nitrogen and oxygen atoms in total. The minimum absolute atomic E-state index is 0.152. The van der Waals surface area contributed by atoms with Gasteiger partial charge in [0.25, 0.3) is 0 Å². The molecular weight excluding hydrogens is 206 g/mol. The Bertz CT molecular complexity index is 318. The molecule has 1 aromatic heterocycles. The van der Waals surface area contributed by atoms with Gasteiger partial charge in [0.2, 0.25) is 11.8 Å². The van der Waals surface area contributed by atoms with E-state index in [9.17, 15) is 0 Å². The van der Waals surface area contributed by atoms with E-state index < -0.39 is 0 Å². The number of unbranched alkanes of at least 4 members (excludes halogenated alkanes) is 3. The van der Waals surface area contributed by atoms with Crippen molar-refractivity contribution in [2.24, 2.45) is 5.84 Å². The lowest BCUT2D eigenvalue weighted by atomic mass is 10.2. The number of nitrogens with one attached hydrogen (secondary N) is 1. The van der Waals surface area contributed by atoms with Crippen molar-refractivity contribution in [1.29, 1.82) is 0 Å². The number of nitrogen functional groups attached to an aromatic ring is 2. The van der Waals surface area contributed by atoms with E-state index in [1.165, 1.54) is 19.3 Å². The van der Waals surface area contributed by atoms with Gasteiger partial charge in [0.1, 0.15) is 5.82 Å². The summed E-state index contributed by atoms with van der Waals surface area (Å²) in [4.78, 5) is 7.81.